The van der Waals surface area contributed by atoms with Crippen LogP contribution >= 0.6 is 11.8 Å². The highest BCUT2D eigenvalue weighted by Gasteiger charge is 2.41. The van der Waals surface area contributed by atoms with Gasteiger partial charge in [0.2, 0.25) is 5.91 Å². The quantitative estimate of drug-likeness (QED) is 0.749. The number of rotatable bonds is 6. The SMILES string of the molecule is CCSc1ccccc1C(=O)NC1CCC2C(COC)CC(=O)NC2C1. The fourth-order valence-electron chi connectivity index (χ4n) is 4.31. The molecule has 1 aliphatic heterocycles. The average molecular weight is 377 g/mol. The van der Waals surface area contributed by atoms with Crippen LogP contribution in [0.2, 0.25) is 0 Å². The summed E-state index contributed by atoms with van der Waals surface area (Å²) in [6.07, 6.45) is 3.31. The first kappa shape index (κ1) is 19.2. The molecule has 2 N–H and O–H groups in total. The third-order valence-corrected chi connectivity index (χ3v) is 6.41. The lowest BCUT2D eigenvalue weighted by molar-refractivity contribution is -0.128. The largest absolute Gasteiger partial charge is 0.384 e. The zero-order chi connectivity index (χ0) is 18.5. The number of hydrogen-bond acceptors (Lipinski definition) is 4. The molecular weight excluding hydrogens is 348 g/mol. The highest BCUT2D eigenvalue weighted by atomic mass is 32.2. The van der Waals surface area contributed by atoms with E-state index in [4.69, 9.17) is 4.74 Å². The third kappa shape index (κ3) is 4.41. The number of amides is 2. The van der Waals surface area contributed by atoms with Crippen LogP contribution in [0.3, 0.4) is 0 Å². The van der Waals surface area contributed by atoms with Crippen molar-refractivity contribution in [3.63, 3.8) is 0 Å². The molecule has 6 heteroatoms. The van der Waals surface area contributed by atoms with Crippen LogP contribution < -0.4 is 10.6 Å². The van der Waals surface area contributed by atoms with Gasteiger partial charge in [-0.2, -0.15) is 0 Å². The number of ether oxygens (including phenoxy) is 1. The van der Waals surface area contributed by atoms with Crippen LogP contribution in [0.25, 0.3) is 0 Å². The highest BCUT2D eigenvalue weighted by Crippen LogP contribution is 2.35. The summed E-state index contributed by atoms with van der Waals surface area (Å²) in [6, 6.07) is 7.99. The van der Waals surface area contributed by atoms with Crippen molar-refractivity contribution in [3.8, 4) is 0 Å². The van der Waals surface area contributed by atoms with Crippen molar-refractivity contribution in [3.05, 3.63) is 29.8 Å². The second kappa shape index (κ2) is 8.91. The zero-order valence-corrected chi connectivity index (χ0v) is 16.3. The highest BCUT2D eigenvalue weighted by molar-refractivity contribution is 7.99. The lowest BCUT2D eigenvalue weighted by Crippen LogP contribution is -2.56. The van der Waals surface area contributed by atoms with Crippen molar-refractivity contribution >= 4 is 23.6 Å². The van der Waals surface area contributed by atoms with Crippen molar-refractivity contribution in [2.45, 2.75) is 49.6 Å². The molecule has 1 saturated heterocycles. The van der Waals surface area contributed by atoms with Gasteiger partial charge in [0.05, 0.1) is 5.56 Å². The number of fused-ring (bicyclic) bond motifs is 1. The Morgan fingerprint density at radius 3 is 2.92 bits per heavy atom. The fourth-order valence-corrected chi connectivity index (χ4v) is 5.11. The number of hydrogen-bond donors (Lipinski definition) is 2. The van der Waals surface area contributed by atoms with Gasteiger partial charge >= 0.3 is 0 Å². The Kier molecular flexibility index (Phi) is 6.59. The number of piperidine rings is 1. The monoisotopic (exact) mass is 376 g/mol. The summed E-state index contributed by atoms with van der Waals surface area (Å²) >= 11 is 1.68. The van der Waals surface area contributed by atoms with Gasteiger partial charge in [0.25, 0.3) is 5.91 Å². The summed E-state index contributed by atoms with van der Waals surface area (Å²) in [6.45, 7) is 2.72. The smallest absolute Gasteiger partial charge is 0.252 e. The van der Waals surface area contributed by atoms with E-state index in [2.05, 4.69) is 17.6 Å². The number of nitrogens with one attached hydrogen (secondary N) is 2. The lowest BCUT2D eigenvalue weighted by atomic mass is 9.71. The van der Waals surface area contributed by atoms with E-state index in [-0.39, 0.29) is 29.8 Å². The first-order valence-corrected chi connectivity index (χ1v) is 10.4. The summed E-state index contributed by atoms with van der Waals surface area (Å²) in [5.74, 6) is 1.76. The van der Waals surface area contributed by atoms with Crippen LogP contribution in [0.1, 0.15) is 43.0 Å². The van der Waals surface area contributed by atoms with Gasteiger partial charge in [-0.1, -0.05) is 19.1 Å². The Morgan fingerprint density at radius 2 is 2.15 bits per heavy atom. The van der Waals surface area contributed by atoms with Gasteiger partial charge in [-0.15, -0.1) is 11.8 Å². The van der Waals surface area contributed by atoms with Crippen LogP contribution in [0, 0.1) is 11.8 Å². The molecule has 0 spiro atoms. The molecule has 0 bridgehead atoms. The number of carbonyl (C=O) groups excluding carboxylic acids is 2. The molecule has 1 saturated carbocycles. The molecule has 142 valence electrons. The van der Waals surface area contributed by atoms with Gasteiger partial charge in [-0.25, -0.2) is 0 Å². The molecule has 5 nitrogen and oxygen atoms in total. The molecule has 1 heterocycles. The summed E-state index contributed by atoms with van der Waals surface area (Å²) in [5.41, 5.74) is 0.742. The van der Waals surface area contributed by atoms with Gasteiger partial charge in [-0.05, 0) is 49.0 Å². The van der Waals surface area contributed by atoms with E-state index >= 15 is 0 Å². The van der Waals surface area contributed by atoms with E-state index < -0.39 is 0 Å². The molecule has 26 heavy (non-hydrogen) atoms. The standard InChI is InChI=1S/C20H28N2O3S/c1-3-26-18-7-5-4-6-16(18)20(24)21-14-8-9-15-13(12-25-2)10-19(23)22-17(15)11-14/h4-7,13-15,17H,3,8-12H2,1-2H3,(H,21,24)(H,22,23). The average Bonchev–Trinajstić information content (AvgIpc) is 2.62. The van der Waals surface area contributed by atoms with Crippen molar-refractivity contribution in [1.82, 2.24) is 10.6 Å². The Bertz CT molecular complexity index is 652. The molecular formula is C20H28N2O3S. The van der Waals surface area contributed by atoms with E-state index in [9.17, 15) is 9.59 Å². The predicted octanol–water partition coefficient (Wildman–Crippen LogP) is 2.85. The van der Waals surface area contributed by atoms with E-state index in [1.807, 2.05) is 24.3 Å². The Hall–Kier alpha value is -1.53. The fraction of sp³-hybridized carbons (Fsp3) is 0.600. The van der Waals surface area contributed by atoms with Crippen molar-refractivity contribution < 1.29 is 14.3 Å². The maximum absolute atomic E-state index is 12.8. The van der Waals surface area contributed by atoms with Crippen molar-refractivity contribution in [1.29, 1.82) is 0 Å². The Balaban J connectivity index is 1.64. The minimum Gasteiger partial charge on any atom is -0.384 e. The van der Waals surface area contributed by atoms with E-state index in [1.54, 1.807) is 18.9 Å². The summed E-state index contributed by atoms with van der Waals surface area (Å²) in [4.78, 5) is 25.8. The Morgan fingerprint density at radius 1 is 1.35 bits per heavy atom. The minimum absolute atomic E-state index is 0.0134. The van der Waals surface area contributed by atoms with Gasteiger partial charge in [0, 0.05) is 37.1 Å². The normalized spacial score (nSPS) is 28.2. The number of thioether (sulfide) groups is 1. The molecule has 1 aromatic rings. The number of benzene rings is 1. The molecule has 2 fully saturated rings. The van der Waals surface area contributed by atoms with Crippen LogP contribution in [-0.2, 0) is 9.53 Å². The van der Waals surface area contributed by atoms with Crippen molar-refractivity contribution in [2.24, 2.45) is 11.8 Å². The topological polar surface area (TPSA) is 67.4 Å². The summed E-state index contributed by atoms with van der Waals surface area (Å²) in [7, 11) is 1.69. The lowest BCUT2D eigenvalue weighted by Gasteiger charge is -2.43. The van der Waals surface area contributed by atoms with Crippen LogP contribution in [0.5, 0.6) is 0 Å². The first-order valence-electron chi connectivity index (χ1n) is 9.43. The minimum atomic E-state index is -0.0134. The van der Waals surface area contributed by atoms with Crippen LogP contribution in [-0.4, -0.2) is 43.4 Å². The Labute approximate surface area is 159 Å². The second-order valence-corrected chi connectivity index (χ2v) is 8.48. The van der Waals surface area contributed by atoms with E-state index in [1.165, 1.54) is 0 Å². The molecule has 2 aliphatic rings. The maximum Gasteiger partial charge on any atom is 0.252 e. The number of methoxy groups -OCH3 is 1. The zero-order valence-electron chi connectivity index (χ0n) is 15.5. The van der Waals surface area contributed by atoms with Gasteiger partial charge in [-0.3, -0.25) is 9.59 Å². The second-order valence-electron chi connectivity index (χ2n) is 7.17. The number of carbonyl (C=O) groups is 2. The summed E-state index contributed by atoms with van der Waals surface area (Å²) < 4.78 is 5.31. The van der Waals surface area contributed by atoms with Gasteiger partial charge in [0.1, 0.15) is 0 Å². The van der Waals surface area contributed by atoms with E-state index in [0.717, 1.165) is 35.5 Å². The molecule has 1 aliphatic carbocycles. The molecule has 0 aromatic heterocycles. The van der Waals surface area contributed by atoms with Gasteiger partial charge in [0.15, 0.2) is 0 Å². The molecule has 4 unspecified atom stereocenters. The molecule has 3 rings (SSSR count). The maximum atomic E-state index is 12.8. The molecule has 0 radical (unpaired) electrons. The van der Waals surface area contributed by atoms with Gasteiger partial charge < -0.3 is 15.4 Å². The molecule has 2 amide bonds. The van der Waals surface area contributed by atoms with Crippen molar-refractivity contribution in [2.75, 3.05) is 19.5 Å². The molecule has 4 atom stereocenters. The van der Waals surface area contributed by atoms with E-state index in [0.29, 0.717) is 18.9 Å². The third-order valence-electron chi connectivity index (χ3n) is 5.45. The molecule has 1 aromatic carbocycles. The van der Waals surface area contributed by atoms with Crippen LogP contribution in [0.4, 0.5) is 0 Å². The van der Waals surface area contributed by atoms with Crippen LogP contribution in [0.15, 0.2) is 29.2 Å². The predicted molar refractivity (Wildman–Crippen MR) is 103 cm³/mol. The summed E-state index contributed by atoms with van der Waals surface area (Å²) in [5, 5.41) is 6.33. The first-order chi connectivity index (χ1) is 12.6.